The molecule has 19 heavy (non-hydrogen) atoms. The molecule has 0 nitrogen and oxygen atoms in total. The van der Waals surface area contributed by atoms with E-state index in [1.807, 2.05) is 0 Å². The number of benzene rings is 3. The number of aryl methyl sites for hydroxylation is 2. The van der Waals surface area contributed by atoms with Crippen molar-refractivity contribution in [3.05, 3.63) is 57.2 Å². The minimum absolute atomic E-state index is 1.25. The van der Waals surface area contributed by atoms with Gasteiger partial charge in [0, 0.05) is 3.57 Å². The highest BCUT2D eigenvalue weighted by Crippen LogP contribution is 2.36. The molecule has 94 valence electrons. The Morgan fingerprint density at radius 2 is 1.68 bits per heavy atom. The smallest absolute Gasteiger partial charge is 0.0218 e. The van der Waals surface area contributed by atoms with Crippen LogP contribution in [-0.2, 0) is 12.8 Å². The van der Waals surface area contributed by atoms with Crippen molar-refractivity contribution >= 4 is 44.1 Å². The average Bonchev–Trinajstić information content (AvgIpc) is 2.46. The van der Waals surface area contributed by atoms with Crippen LogP contribution in [0.5, 0.6) is 0 Å². The molecule has 0 bridgehead atoms. The van der Waals surface area contributed by atoms with E-state index in [0.717, 1.165) is 0 Å². The summed E-state index contributed by atoms with van der Waals surface area (Å²) in [4.78, 5) is 0. The fourth-order valence-corrected chi connectivity index (χ4v) is 4.35. The van der Waals surface area contributed by atoms with Crippen LogP contribution in [0.15, 0.2) is 42.5 Å². The van der Waals surface area contributed by atoms with Gasteiger partial charge >= 0.3 is 0 Å². The quantitative estimate of drug-likeness (QED) is 0.369. The van der Waals surface area contributed by atoms with Crippen LogP contribution in [0.1, 0.15) is 24.0 Å². The van der Waals surface area contributed by atoms with Crippen LogP contribution in [0.3, 0.4) is 0 Å². The Morgan fingerprint density at radius 3 is 2.63 bits per heavy atom. The molecule has 0 N–H and O–H groups in total. The van der Waals surface area contributed by atoms with Gasteiger partial charge in [0.15, 0.2) is 0 Å². The number of rotatable bonds is 0. The fraction of sp³-hybridized carbons (Fsp3) is 0.222. The molecule has 0 spiro atoms. The van der Waals surface area contributed by atoms with E-state index in [1.54, 1.807) is 11.1 Å². The fourth-order valence-electron chi connectivity index (χ4n) is 3.40. The highest BCUT2D eigenvalue weighted by atomic mass is 127. The van der Waals surface area contributed by atoms with Crippen molar-refractivity contribution in [2.45, 2.75) is 25.7 Å². The lowest BCUT2D eigenvalue weighted by molar-refractivity contribution is 0.690. The van der Waals surface area contributed by atoms with Crippen LogP contribution in [0.2, 0.25) is 0 Å². The van der Waals surface area contributed by atoms with Crippen molar-refractivity contribution in [3.63, 3.8) is 0 Å². The maximum Gasteiger partial charge on any atom is 0.0218 e. The second-order valence-electron chi connectivity index (χ2n) is 5.41. The Morgan fingerprint density at radius 1 is 0.842 bits per heavy atom. The number of halogens is 1. The third kappa shape index (κ3) is 1.78. The van der Waals surface area contributed by atoms with E-state index in [1.165, 1.54) is 50.8 Å². The van der Waals surface area contributed by atoms with Crippen molar-refractivity contribution < 1.29 is 0 Å². The van der Waals surface area contributed by atoms with Crippen molar-refractivity contribution in [2.75, 3.05) is 0 Å². The Balaban J connectivity index is 2.20. The maximum atomic E-state index is 2.51. The predicted molar refractivity (Wildman–Crippen MR) is 90.8 cm³/mol. The van der Waals surface area contributed by atoms with Gasteiger partial charge in [0.25, 0.3) is 0 Å². The highest BCUT2D eigenvalue weighted by Gasteiger charge is 2.15. The summed E-state index contributed by atoms with van der Waals surface area (Å²) in [5.74, 6) is 0. The summed E-state index contributed by atoms with van der Waals surface area (Å²) in [7, 11) is 0. The highest BCUT2D eigenvalue weighted by molar-refractivity contribution is 14.1. The van der Waals surface area contributed by atoms with E-state index in [4.69, 9.17) is 0 Å². The van der Waals surface area contributed by atoms with Crippen LogP contribution in [0, 0.1) is 3.57 Å². The summed E-state index contributed by atoms with van der Waals surface area (Å²) in [5.41, 5.74) is 3.19. The van der Waals surface area contributed by atoms with Gasteiger partial charge in [-0.15, -0.1) is 0 Å². The molecule has 0 saturated carbocycles. The van der Waals surface area contributed by atoms with Gasteiger partial charge in [-0.05, 0) is 87.0 Å². The molecule has 0 unspecified atom stereocenters. The molecule has 1 heteroatoms. The molecule has 0 saturated heterocycles. The lowest BCUT2D eigenvalue weighted by Crippen LogP contribution is -2.04. The van der Waals surface area contributed by atoms with Crippen LogP contribution < -0.4 is 0 Å². The van der Waals surface area contributed by atoms with Gasteiger partial charge in [0.2, 0.25) is 0 Å². The topological polar surface area (TPSA) is 0 Å². The first-order valence-electron chi connectivity index (χ1n) is 6.96. The summed E-state index contributed by atoms with van der Waals surface area (Å²) >= 11 is 2.51. The standard InChI is InChI=1S/C18H15I/c19-17-11-13-6-2-3-7-14(13)16-10-9-12-5-1-4-8-15(12)18(16)17/h2-3,6-7,9-11H,1,4-5,8H2. The van der Waals surface area contributed by atoms with E-state index in [-0.39, 0.29) is 0 Å². The molecule has 4 rings (SSSR count). The molecule has 0 radical (unpaired) electrons. The first-order valence-corrected chi connectivity index (χ1v) is 8.04. The Kier molecular flexibility index (Phi) is 2.76. The van der Waals surface area contributed by atoms with Gasteiger partial charge in [-0.3, -0.25) is 0 Å². The number of fused-ring (bicyclic) bond motifs is 5. The Hall–Kier alpha value is -1.09. The largest absolute Gasteiger partial charge is 0.0616 e. The van der Waals surface area contributed by atoms with Crippen LogP contribution in [-0.4, -0.2) is 0 Å². The zero-order valence-corrected chi connectivity index (χ0v) is 12.9. The van der Waals surface area contributed by atoms with E-state index >= 15 is 0 Å². The summed E-state index contributed by atoms with van der Waals surface area (Å²) in [6.07, 6.45) is 5.20. The normalized spacial score (nSPS) is 14.8. The predicted octanol–water partition coefficient (Wildman–Crippen LogP) is 5.48. The molecule has 0 atom stereocenters. The molecule has 0 fully saturated rings. The lowest BCUT2D eigenvalue weighted by Gasteiger charge is -2.19. The molecule has 1 aliphatic carbocycles. The first kappa shape index (κ1) is 11.7. The molecule has 3 aromatic carbocycles. The van der Waals surface area contributed by atoms with Crippen LogP contribution >= 0.6 is 22.6 Å². The Labute approximate surface area is 127 Å². The molecule has 0 heterocycles. The molecule has 3 aromatic rings. The first-order chi connectivity index (χ1) is 9.34. The minimum atomic E-state index is 1.25. The van der Waals surface area contributed by atoms with Crippen molar-refractivity contribution in [2.24, 2.45) is 0 Å². The maximum absolute atomic E-state index is 2.51. The van der Waals surface area contributed by atoms with Gasteiger partial charge in [0.1, 0.15) is 0 Å². The van der Waals surface area contributed by atoms with Gasteiger partial charge in [0.05, 0.1) is 0 Å². The molecular formula is C18H15I. The molecule has 1 aliphatic rings. The van der Waals surface area contributed by atoms with E-state index < -0.39 is 0 Å². The number of hydrogen-bond donors (Lipinski definition) is 0. The summed E-state index contributed by atoms with van der Waals surface area (Å²) < 4.78 is 1.41. The van der Waals surface area contributed by atoms with Crippen molar-refractivity contribution in [1.29, 1.82) is 0 Å². The third-order valence-corrected chi connectivity index (χ3v) is 5.16. The average molecular weight is 358 g/mol. The summed E-state index contributed by atoms with van der Waals surface area (Å²) in [5, 5.41) is 5.70. The van der Waals surface area contributed by atoms with E-state index in [2.05, 4.69) is 65.1 Å². The molecular weight excluding hydrogens is 343 g/mol. The molecule has 0 aromatic heterocycles. The Bertz CT molecular complexity index is 786. The molecule has 0 aliphatic heterocycles. The van der Waals surface area contributed by atoms with E-state index in [9.17, 15) is 0 Å². The van der Waals surface area contributed by atoms with Crippen LogP contribution in [0.25, 0.3) is 21.5 Å². The summed E-state index contributed by atoms with van der Waals surface area (Å²) in [6.45, 7) is 0. The zero-order valence-electron chi connectivity index (χ0n) is 10.7. The van der Waals surface area contributed by atoms with Gasteiger partial charge in [-0.1, -0.05) is 36.4 Å². The van der Waals surface area contributed by atoms with Gasteiger partial charge in [-0.2, -0.15) is 0 Å². The second kappa shape index (κ2) is 4.48. The monoisotopic (exact) mass is 358 g/mol. The second-order valence-corrected chi connectivity index (χ2v) is 6.57. The molecule has 0 amide bonds. The SMILES string of the molecule is Ic1cc2ccccc2c2ccc3c(c12)CCCC3. The van der Waals surface area contributed by atoms with E-state index in [0.29, 0.717) is 0 Å². The third-order valence-electron chi connectivity index (χ3n) is 4.30. The zero-order chi connectivity index (χ0) is 12.8. The minimum Gasteiger partial charge on any atom is -0.0616 e. The number of hydrogen-bond acceptors (Lipinski definition) is 0. The van der Waals surface area contributed by atoms with Crippen LogP contribution in [0.4, 0.5) is 0 Å². The van der Waals surface area contributed by atoms with Gasteiger partial charge < -0.3 is 0 Å². The summed E-state index contributed by atoms with van der Waals surface area (Å²) in [6, 6.07) is 15.8. The lowest BCUT2D eigenvalue weighted by atomic mass is 9.86. The van der Waals surface area contributed by atoms with Crippen molar-refractivity contribution in [1.82, 2.24) is 0 Å². The van der Waals surface area contributed by atoms with Crippen molar-refractivity contribution in [3.8, 4) is 0 Å². The van der Waals surface area contributed by atoms with Gasteiger partial charge in [-0.25, -0.2) is 0 Å².